The summed E-state index contributed by atoms with van der Waals surface area (Å²) >= 11 is 0. The van der Waals surface area contributed by atoms with E-state index in [1.165, 1.54) is 12.1 Å². The molecule has 1 heterocycles. The molecule has 0 fully saturated rings. The molecule has 3 aromatic rings. The van der Waals surface area contributed by atoms with E-state index >= 15 is 0 Å². The molecule has 0 aliphatic rings. The van der Waals surface area contributed by atoms with Crippen LogP contribution in [0.25, 0.3) is 11.0 Å². The molecular formula is C13H11FN4. The van der Waals surface area contributed by atoms with E-state index in [0.29, 0.717) is 17.3 Å². The van der Waals surface area contributed by atoms with E-state index in [2.05, 4.69) is 15.3 Å². The molecule has 0 unspecified atom stereocenters. The standard InChI is InChI=1S/C13H11FN4/c14-8-2-1-3-10(6-8)16-13-17-11-5-4-9(15)7-12(11)18-13/h1-7H,15H2,(H2,16,17,18). The largest absolute Gasteiger partial charge is 0.399 e. The summed E-state index contributed by atoms with van der Waals surface area (Å²) in [6, 6.07) is 11.6. The average Bonchev–Trinajstić information content (AvgIpc) is 2.70. The number of nitrogens with one attached hydrogen (secondary N) is 2. The van der Waals surface area contributed by atoms with Crippen molar-refractivity contribution < 1.29 is 4.39 Å². The second-order valence-corrected chi connectivity index (χ2v) is 4.00. The zero-order chi connectivity index (χ0) is 12.5. The maximum atomic E-state index is 13.0. The van der Waals surface area contributed by atoms with Crippen LogP contribution in [0.4, 0.5) is 21.7 Å². The highest BCUT2D eigenvalue weighted by molar-refractivity contribution is 5.81. The number of H-pyrrole nitrogens is 1. The van der Waals surface area contributed by atoms with Crippen LogP contribution in [-0.4, -0.2) is 9.97 Å². The molecule has 4 nitrogen and oxygen atoms in total. The van der Waals surface area contributed by atoms with Gasteiger partial charge in [0, 0.05) is 11.4 Å². The highest BCUT2D eigenvalue weighted by Gasteiger charge is 2.03. The van der Waals surface area contributed by atoms with E-state index in [1.807, 2.05) is 6.07 Å². The molecule has 4 N–H and O–H groups in total. The summed E-state index contributed by atoms with van der Waals surface area (Å²) in [6.45, 7) is 0. The molecule has 0 atom stereocenters. The van der Waals surface area contributed by atoms with Crippen LogP contribution in [0.5, 0.6) is 0 Å². The topological polar surface area (TPSA) is 66.7 Å². The van der Waals surface area contributed by atoms with Crippen molar-refractivity contribution in [2.45, 2.75) is 0 Å². The van der Waals surface area contributed by atoms with Gasteiger partial charge in [-0.3, -0.25) is 0 Å². The van der Waals surface area contributed by atoms with E-state index in [9.17, 15) is 4.39 Å². The summed E-state index contributed by atoms with van der Waals surface area (Å²) in [7, 11) is 0. The number of aromatic amines is 1. The van der Waals surface area contributed by atoms with Gasteiger partial charge in [0.25, 0.3) is 0 Å². The Morgan fingerprint density at radius 3 is 2.89 bits per heavy atom. The van der Waals surface area contributed by atoms with Gasteiger partial charge >= 0.3 is 0 Å². The van der Waals surface area contributed by atoms with E-state index in [1.54, 1.807) is 24.3 Å². The van der Waals surface area contributed by atoms with Gasteiger partial charge in [-0.05, 0) is 36.4 Å². The molecule has 0 aliphatic heterocycles. The van der Waals surface area contributed by atoms with Gasteiger partial charge in [-0.1, -0.05) is 6.07 Å². The zero-order valence-corrected chi connectivity index (χ0v) is 9.44. The van der Waals surface area contributed by atoms with Gasteiger partial charge in [0.15, 0.2) is 0 Å². The summed E-state index contributed by atoms with van der Waals surface area (Å²) in [5, 5.41) is 3.01. The smallest absolute Gasteiger partial charge is 0.205 e. The Morgan fingerprint density at radius 2 is 2.06 bits per heavy atom. The van der Waals surface area contributed by atoms with Gasteiger partial charge in [-0.15, -0.1) is 0 Å². The number of anilines is 3. The van der Waals surface area contributed by atoms with Crippen LogP contribution in [0.3, 0.4) is 0 Å². The maximum Gasteiger partial charge on any atom is 0.205 e. The molecule has 0 aliphatic carbocycles. The quantitative estimate of drug-likeness (QED) is 0.605. The Labute approximate surface area is 103 Å². The number of imidazole rings is 1. The first-order valence-corrected chi connectivity index (χ1v) is 5.48. The lowest BCUT2D eigenvalue weighted by atomic mass is 10.3. The first-order chi connectivity index (χ1) is 8.70. The Hall–Kier alpha value is -2.56. The maximum absolute atomic E-state index is 13.0. The van der Waals surface area contributed by atoms with Gasteiger partial charge in [0.2, 0.25) is 5.95 Å². The molecule has 0 bridgehead atoms. The fourth-order valence-electron chi connectivity index (χ4n) is 1.79. The number of nitrogens with two attached hydrogens (primary N) is 1. The number of halogens is 1. The van der Waals surface area contributed by atoms with E-state index < -0.39 is 0 Å². The number of fused-ring (bicyclic) bond motifs is 1. The van der Waals surface area contributed by atoms with Crippen molar-refractivity contribution in [3.05, 3.63) is 48.3 Å². The van der Waals surface area contributed by atoms with Crippen molar-refractivity contribution in [3.63, 3.8) is 0 Å². The van der Waals surface area contributed by atoms with Crippen LogP contribution in [0, 0.1) is 5.82 Å². The van der Waals surface area contributed by atoms with Crippen molar-refractivity contribution >= 4 is 28.4 Å². The van der Waals surface area contributed by atoms with Crippen LogP contribution in [0.2, 0.25) is 0 Å². The molecule has 18 heavy (non-hydrogen) atoms. The predicted molar refractivity (Wildman–Crippen MR) is 70.2 cm³/mol. The zero-order valence-electron chi connectivity index (χ0n) is 9.44. The van der Waals surface area contributed by atoms with Gasteiger partial charge in [-0.25, -0.2) is 9.37 Å². The van der Waals surface area contributed by atoms with Gasteiger partial charge in [-0.2, -0.15) is 0 Å². The van der Waals surface area contributed by atoms with Crippen molar-refractivity contribution in [2.24, 2.45) is 0 Å². The Bertz CT molecular complexity index is 705. The number of hydrogen-bond donors (Lipinski definition) is 3. The van der Waals surface area contributed by atoms with Crippen molar-refractivity contribution in [3.8, 4) is 0 Å². The number of benzene rings is 2. The highest BCUT2D eigenvalue weighted by atomic mass is 19.1. The van der Waals surface area contributed by atoms with E-state index in [-0.39, 0.29) is 5.82 Å². The molecule has 1 aromatic heterocycles. The van der Waals surface area contributed by atoms with Crippen LogP contribution in [0.15, 0.2) is 42.5 Å². The lowest BCUT2D eigenvalue weighted by molar-refractivity contribution is 0.628. The predicted octanol–water partition coefficient (Wildman–Crippen LogP) is 3.03. The number of nitrogens with zero attached hydrogens (tertiary/aromatic N) is 1. The lowest BCUT2D eigenvalue weighted by Crippen LogP contribution is -1.92. The first-order valence-electron chi connectivity index (χ1n) is 5.48. The minimum atomic E-state index is -0.291. The molecular weight excluding hydrogens is 231 g/mol. The fourth-order valence-corrected chi connectivity index (χ4v) is 1.79. The highest BCUT2D eigenvalue weighted by Crippen LogP contribution is 2.20. The fraction of sp³-hybridized carbons (Fsp3) is 0. The Kier molecular flexibility index (Phi) is 2.37. The van der Waals surface area contributed by atoms with Gasteiger partial charge < -0.3 is 16.0 Å². The second-order valence-electron chi connectivity index (χ2n) is 4.00. The van der Waals surface area contributed by atoms with Crippen molar-refractivity contribution in [1.29, 1.82) is 0 Å². The lowest BCUT2D eigenvalue weighted by Gasteiger charge is -2.01. The average molecular weight is 242 g/mol. The van der Waals surface area contributed by atoms with Crippen LogP contribution in [0.1, 0.15) is 0 Å². The molecule has 90 valence electrons. The minimum Gasteiger partial charge on any atom is -0.399 e. The number of rotatable bonds is 2. The van der Waals surface area contributed by atoms with Gasteiger partial charge in [0.05, 0.1) is 11.0 Å². The summed E-state index contributed by atoms with van der Waals surface area (Å²) in [5.74, 6) is 0.265. The summed E-state index contributed by atoms with van der Waals surface area (Å²) in [4.78, 5) is 7.41. The first kappa shape index (κ1) is 10.6. The molecule has 2 aromatic carbocycles. The Morgan fingerprint density at radius 1 is 1.17 bits per heavy atom. The normalized spacial score (nSPS) is 10.7. The van der Waals surface area contributed by atoms with Crippen molar-refractivity contribution in [1.82, 2.24) is 9.97 Å². The third-order valence-electron chi connectivity index (χ3n) is 2.59. The number of aromatic nitrogens is 2. The van der Waals surface area contributed by atoms with Crippen LogP contribution < -0.4 is 11.1 Å². The second kappa shape index (κ2) is 4.03. The van der Waals surface area contributed by atoms with E-state index in [0.717, 1.165) is 11.0 Å². The minimum absolute atomic E-state index is 0.291. The third-order valence-corrected chi connectivity index (χ3v) is 2.59. The SMILES string of the molecule is Nc1ccc2nc(Nc3cccc(F)c3)[nH]c2c1. The number of nitrogen functional groups attached to an aromatic ring is 1. The Balaban J connectivity index is 1.95. The molecule has 0 amide bonds. The number of hydrogen-bond acceptors (Lipinski definition) is 3. The van der Waals surface area contributed by atoms with Crippen LogP contribution >= 0.6 is 0 Å². The molecule has 5 heteroatoms. The molecule has 0 saturated heterocycles. The monoisotopic (exact) mass is 242 g/mol. The summed E-state index contributed by atoms with van der Waals surface area (Å²) < 4.78 is 13.0. The molecule has 0 saturated carbocycles. The molecule has 0 spiro atoms. The molecule has 3 rings (SSSR count). The summed E-state index contributed by atoms with van der Waals surface area (Å²) in [6.07, 6.45) is 0. The molecule has 0 radical (unpaired) electrons. The summed E-state index contributed by atoms with van der Waals surface area (Å²) in [5.41, 5.74) is 8.65. The van der Waals surface area contributed by atoms with Gasteiger partial charge in [0.1, 0.15) is 5.82 Å². The van der Waals surface area contributed by atoms with Crippen molar-refractivity contribution in [2.75, 3.05) is 11.1 Å². The third kappa shape index (κ3) is 1.98. The van der Waals surface area contributed by atoms with E-state index in [4.69, 9.17) is 5.73 Å². The van der Waals surface area contributed by atoms with Crippen LogP contribution in [-0.2, 0) is 0 Å².